The molecule has 10 heteroatoms. The Hall–Kier alpha value is -3.01. The Morgan fingerprint density at radius 1 is 1.23 bits per heavy atom. The van der Waals surface area contributed by atoms with Crippen LogP contribution >= 0.6 is 11.5 Å². The number of ether oxygens (including phenoxy) is 1. The minimum absolute atomic E-state index is 0.0458. The van der Waals surface area contributed by atoms with Crippen LogP contribution in [-0.4, -0.2) is 33.3 Å². The van der Waals surface area contributed by atoms with Crippen LogP contribution in [0.1, 0.15) is 47.0 Å². The van der Waals surface area contributed by atoms with Crippen LogP contribution in [0.15, 0.2) is 36.7 Å². The molecule has 1 aliphatic carbocycles. The van der Waals surface area contributed by atoms with Crippen LogP contribution in [-0.2, 0) is 0 Å². The normalized spacial score (nSPS) is 16.1. The minimum Gasteiger partial charge on any atom is -0.480 e. The SMILES string of the molecule is COc1cc(C(=O)Nc2c(-c3ncccc3F)ccnc2C2CCC(F)(F)CC2)sn1. The lowest BCUT2D eigenvalue weighted by Crippen LogP contribution is -2.25. The van der Waals surface area contributed by atoms with Gasteiger partial charge in [0.2, 0.25) is 11.8 Å². The number of hydrogen-bond acceptors (Lipinski definition) is 6. The molecule has 0 aliphatic heterocycles. The van der Waals surface area contributed by atoms with E-state index in [1.54, 1.807) is 6.07 Å². The van der Waals surface area contributed by atoms with Crippen molar-refractivity contribution < 1.29 is 22.7 Å². The van der Waals surface area contributed by atoms with Gasteiger partial charge in [0.15, 0.2) is 0 Å². The molecule has 1 amide bonds. The number of aromatic nitrogens is 3. The first kappa shape index (κ1) is 21.2. The molecule has 1 aliphatic rings. The second-order valence-electron chi connectivity index (χ2n) is 7.27. The van der Waals surface area contributed by atoms with E-state index in [2.05, 4.69) is 19.7 Å². The number of nitrogens with one attached hydrogen (secondary N) is 1. The van der Waals surface area contributed by atoms with Gasteiger partial charge in [-0.05, 0) is 42.6 Å². The fraction of sp³-hybridized carbons (Fsp3) is 0.333. The molecule has 0 aromatic carbocycles. The average molecular weight is 448 g/mol. The molecule has 0 saturated heterocycles. The van der Waals surface area contributed by atoms with E-state index in [1.807, 2.05) is 0 Å². The van der Waals surface area contributed by atoms with Gasteiger partial charge >= 0.3 is 0 Å². The standard InChI is InChI=1S/C21H19F3N4O2S/c1-30-16-11-15(31-28-16)20(29)27-19-13(18-14(22)3-2-9-25-18)6-10-26-17(19)12-4-7-21(23,24)8-5-12/h2-3,6,9-12H,4-5,7-8H2,1H3,(H,27,29). The Bertz CT molecular complexity index is 1100. The van der Waals surface area contributed by atoms with E-state index in [0.29, 0.717) is 17.1 Å². The number of amides is 1. The van der Waals surface area contributed by atoms with Crippen molar-refractivity contribution in [2.24, 2.45) is 0 Å². The summed E-state index contributed by atoms with van der Waals surface area (Å²) in [6.07, 6.45) is 2.83. The van der Waals surface area contributed by atoms with E-state index in [0.717, 1.165) is 11.5 Å². The summed E-state index contributed by atoms with van der Waals surface area (Å²) in [5.41, 5.74) is 1.10. The highest BCUT2D eigenvalue weighted by Gasteiger charge is 2.37. The number of carbonyl (C=O) groups excluding carboxylic acids is 1. The zero-order valence-electron chi connectivity index (χ0n) is 16.6. The third-order valence-electron chi connectivity index (χ3n) is 5.26. The topological polar surface area (TPSA) is 77.0 Å². The van der Waals surface area contributed by atoms with Gasteiger partial charge in [-0.3, -0.25) is 14.8 Å². The van der Waals surface area contributed by atoms with Gasteiger partial charge in [0.25, 0.3) is 5.91 Å². The number of carbonyl (C=O) groups is 1. The molecule has 1 fully saturated rings. The Kier molecular flexibility index (Phi) is 5.90. The highest BCUT2D eigenvalue weighted by Crippen LogP contribution is 2.44. The van der Waals surface area contributed by atoms with Gasteiger partial charge in [0.1, 0.15) is 16.4 Å². The third kappa shape index (κ3) is 4.53. The summed E-state index contributed by atoms with van der Waals surface area (Å²) in [6, 6.07) is 5.77. The number of hydrogen-bond donors (Lipinski definition) is 1. The van der Waals surface area contributed by atoms with Gasteiger partial charge in [0, 0.05) is 42.8 Å². The molecular formula is C21H19F3N4O2S. The number of halogens is 3. The van der Waals surface area contributed by atoms with E-state index in [9.17, 15) is 18.0 Å². The van der Waals surface area contributed by atoms with Crippen LogP contribution in [0.25, 0.3) is 11.3 Å². The first-order valence-electron chi connectivity index (χ1n) is 9.67. The molecular weight excluding hydrogens is 429 g/mol. The number of methoxy groups -OCH3 is 1. The van der Waals surface area contributed by atoms with Gasteiger partial charge in [-0.15, -0.1) is 0 Å². The van der Waals surface area contributed by atoms with Gasteiger partial charge in [0.05, 0.1) is 18.5 Å². The lowest BCUT2D eigenvalue weighted by atomic mass is 9.83. The van der Waals surface area contributed by atoms with Crippen molar-refractivity contribution in [1.82, 2.24) is 14.3 Å². The van der Waals surface area contributed by atoms with Crippen molar-refractivity contribution in [1.29, 1.82) is 0 Å². The van der Waals surface area contributed by atoms with E-state index in [1.165, 1.54) is 37.7 Å². The van der Waals surface area contributed by atoms with E-state index < -0.39 is 17.6 Å². The fourth-order valence-electron chi connectivity index (χ4n) is 3.65. The quantitative estimate of drug-likeness (QED) is 0.574. The Morgan fingerprint density at radius 3 is 2.68 bits per heavy atom. The third-order valence-corrected chi connectivity index (χ3v) is 6.03. The molecule has 0 bridgehead atoms. The molecule has 6 nitrogen and oxygen atoms in total. The van der Waals surface area contributed by atoms with Gasteiger partial charge in [-0.25, -0.2) is 13.2 Å². The highest BCUT2D eigenvalue weighted by molar-refractivity contribution is 7.08. The van der Waals surface area contributed by atoms with Gasteiger partial charge in [-0.2, -0.15) is 4.37 Å². The Morgan fingerprint density at radius 2 is 2.00 bits per heavy atom. The first-order chi connectivity index (χ1) is 14.9. The molecule has 0 unspecified atom stereocenters. The van der Waals surface area contributed by atoms with Crippen molar-refractivity contribution in [3.8, 4) is 17.1 Å². The van der Waals surface area contributed by atoms with Crippen LogP contribution in [0, 0.1) is 5.82 Å². The van der Waals surface area contributed by atoms with Crippen molar-refractivity contribution in [3.05, 3.63) is 53.0 Å². The van der Waals surface area contributed by atoms with Crippen LogP contribution in [0.3, 0.4) is 0 Å². The van der Waals surface area contributed by atoms with Crippen LogP contribution < -0.4 is 10.1 Å². The second-order valence-corrected chi connectivity index (χ2v) is 8.08. The summed E-state index contributed by atoms with van der Waals surface area (Å²) >= 11 is 0.951. The van der Waals surface area contributed by atoms with E-state index in [-0.39, 0.29) is 47.9 Å². The number of rotatable bonds is 5. The summed E-state index contributed by atoms with van der Waals surface area (Å²) in [7, 11) is 1.44. The Labute approximate surface area is 180 Å². The van der Waals surface area contributed by atoms with Crippen LogP contribution in [0.4, 0.5) is 18.9 Å². The number of anilines is 1. The van der Waals surface area contributed by atoms with Crippen molar-refractivity contribution >= 4 is 23.1 Å². The lowest BCUT2D eigenvalue weighted by Gasteiger charge is -2.29. The van der Waals surface area contributed by atoms with E-state index in [4.69, 9.17) is 4.74 Å². The number of alkyl halides is 2. The predicted molar refractivity (Wildman–Crippen MR) is 110 cm³/mol. The van der Waals surface area contributed by atoms with Crippen molar-refractivity contribution in [2.75, 3.05) is 12.4 Å². The zero-order valence-corrected chi connectivity index (χ0v) is 17.4. The number of nitrogens with zero attached hydrogens (tertiary/aromatic N) is 3. The summed E-state index contributed by atoms with van der Waals surface area (Å²) in [6.45, 7) is 0. The summed E-state index contributed by atoms with van der Waals surface area (Å²) in [5.74, 6) is -3.74. The van der Waals surface area contributed by atoms with Gasteiger partial charge < -0.3 is 10.1 Å². The monoisotopic (exact) mass is 448 g/mol. The van der Waals surface area contributed by atoms with Crippen molar-refractivity contribution in [2.45, 2.75) is 37.5 Å². The second kappa shape index (κ2) is 8.62. The summed E-state index contributed by atoms with van der Waals surface area (Å²) in [5, 5.41) is 2.80. The smallest absolute Gasteiger partial charge is 0.267 e. The van der Waals surface area contributed by atoms with Crippen LogP contribution in [0.5, 0.6) is 5.88 Å². The van der Waals surface area contributed by atoms with Gasteiger partial charge in [-0.1, -0.05) is 0 Å². The molecule has 162 valence electrons. The molecule has 3 aromatic heterocycles. The molecule has 0 radical (unpaired) electrons. The molecule has 3 heterocycles. The largest absolute Gasteiger partial charge is 0.480 e. The maximum Gasteiger partial charge on any atom is 0.267 e. The molecule has 31 heavy (non-hydrogen) atoms. The van der Waals surface area contributed by atoms with Crippen LogP contribution in [0.2, 0.25) is 0 Å². The predicted octanol–water partition coefficient (Wildman–Crippen LogP) is 5.29. The molecule has 3 aromatic rings. The number of pyridine rings is 2. The molecule has 0 atom stereocenters. The average Bonchev–Trinajstić information content (AvgIpc) is 3.24. The summed E-state index contributed by atoms with van der Waals surface area (Å²) < 4.78 is 50.9. The first-order valence-corrected chi connectivity index (χ1v) is 10.4. The fourth-order valence-corrected chi connectivity index (χ4v) is 4.25. The molecule has 1 saturated carbocycles. The van der Waals surface area contributed by atoms with Crippen molar-refractivity contribution in [3.63, 3.8) is 0 Å². The maximum absolute atomic E-state index is 14.5. The maximum atomic E-state index is 14.5. The molecule has 1 N–H and O–H groups in total. The van der Waals surface area contributed by atoms with E-state index >= 15 is 0 Å². The highest BCUT2D eigenvalue weighted by atomic mass is 32.1. The molecule has 0 spiro atoms. The molecule has 4 rings (SSSR count). The minimum atomic E-state index is -2.70. The lowest BCUT2D eigenvalue weighted by molar-refractivity contribution is -0.0384. The zero-order chi connectivity index (χ0) is 22.0. The Balaban J connectivity index is 1.75. The summed E-state index contributed by atoms with van der Waals surface area (Å²) in [4.78, 5) is 21.7.